The van der Waals surface area contributed by atoms with Crippen molar-refractivity contribution < 1.29 is 28.5 Å². The van der Waals surface area contributed by atoms with Gasteiger partial charge in [-0.05, 0) is 43.3 Å². The lowest BCUT2D eigenvalue weighted by Gasteiger charge is -2.17. The molecule has 0 heterocycles. The van der Waals surface area contributed by atoms with Crippen molar-refractivity contribution in [1.82, 2.24) is 0 Å². The van der Waals surface area contributed by atoms with Crippen LogP contribution in [0, 0.1) is 0 Å². The van der Waals surface area contributed by atoms with Gasteiger partial charge in [-0.15, -0.1) is 0 Å². The summed E-state index contributed by atoms with van der Waals surface area (Å²) in [6, 6.07) is 13.2. The molecule has 0 aliphatic carbocycles. The lowest BCUT2D eigenvalue weighted by molar-refractivity contribution is -0.153. The van der Waals surface area contributed by atoms with Crippen LogP contribution >= 0.6 is 0 Å². The van der Waals surface area contributed by atoms with Gasteiger partial charge in [0, 0.05) is 5.56 Å². The normalized spacial score (nSPS) is 11.3. The van der Waals surface area contributed by atoms with Gasteiger partial charge < -0.3 is 18.9 Å². The zero-order valence-corrected chi connectivity index (χ0v) is 14.4. The van der Waals surface area contributed by atoms with E-state index in [1.165, 1.54) is 14.2 Å². The van der Waals surface area contributed by atoms with E-state index >= 15 is 0 Å². The van der Waals surface area contributed by atoms with Crippen molar-refractivity contribution in [2.75, 3.05) is 20.8 Å². The Balaban J connectivity index is 2.25. The van der Waals surface area contributed by atoms with Crippen LogP contribution in [0.2, 0.25) is 0 Å². The first-order valence-electron chi connectivity index (χ1n) is 7.74. The molecule has 0 saturated heterocycles. The lowest BCUT2D eigenvalue weighted by Crippen LogP contribution is -2.22. The highest BCUT2D eigenvalue weighted by Gasteiger charge is 2.27. The van der Waals surface area contributed by atoms with Crippen molar-refractivity contribution >= 4 is 11.9 Å². The van der Waals surface area contributed by atoms with Crippen LogP contribution in [0.4, 0.5) is 0 Å². The first-order chi connectivity index (χ1) is 12.1. The molecule has 0 spiro atoms. The summed E-state index contributed by atoms with van der Waals surface area (Å²) in [6.07, 6.45) is -1.18. The SMILES string of the molecule is CCOC(=O)C(OC(=O)c1ccc(OC)cc1)c1cccc(OC)c1. The van der Waals surface area contributed by atoms with Gasteiger partial charge in [-0.3, -0.25) is 0 Å². The third-order valence-electron chi connectivity index (χ3n) is 3.45. The molecule has 25 heavy (non-hydrogen) atoms. The average Bonchev–Trinajstić information content (AvgIpc) is 2.66. The first-order valence-corrected chi connectivity index (χ1v) is 7.74. The first kappa shape index (κ1) is 18.3. The minimum Gasteiger partial charge on any atom is -0.497 e. The van der Waals surface area contributed by atoms with E-state index in [0.29, 0.717) is 22.6 Å². The van der Waals surface area contributed by atoms with E-state index in [1.54, 1.807) is 55.5 Å². The maximum atomic E-state index is 12.4. The van der Waals surface area contributed by atoms with E-state index in [4.69, 9.17) is 18.9 Å². The number of ether oxygens (including phenoxy) is 4. The van der Waals surface area contributed by atoms with E-state index in [-0.39, 0.29) is 6.61 Å². The molecule has 0 bridgehead atoms. The Bertz CT molecular complexity index is 723. The Labute approximate surface area is 146 Å². The average molecular weight is 344 g/mol. The van der Waals surface area contributed by atoms with Gasteiger partial charge >= 0.3 is 11.9 Å². The highest BCUT2D eigenvalue weighted by atomic mass is 16.6. The molecule has 0 N–H and O–H groups in total. The number of methoxy groups -OCH3 is 2. The summed E-state index contributed by atoms with van der Waals surface area (Å²) in [5, 5.41) is 0. The second-order valence-corrected chi connectivity index (χ2v) is 5.04. The van der Waals surface area contributed by atoms with E-state index < -0.39 is 18.0 Å². The number of rotatable bonds is 7. The van der Waals surface area contributed by atoms with Gasteiger partial charge in [-0.1, -0.05) is 12.1 Å². The van der Waals surface area contributed by atoms with E-state index in [0.717, 1.165) is 0 Å². The molecule has 2 rings (SSSR count). The number of carbonyl (C=O) groups excluding carboxylic acids is 2. The molecule has 0 aliphatic heterocycles. The maximum absolute atomic E-state index is 12.4. The molecule has 0 aromatic heterocycles. The third kappa shape index (κ3) is 4.73. The van der Waals surface area contributed by atoms with Crippen LogP contribution in [-0.4, -0.2) is 32.8 Å². The number of hydrogen-bond acceptors (Lipinski definition) is 6. The second kappa shape index (κ2) is 8.73. The summed E-state index contributed by atoms with van der Waals surface area (Å²) in [4.78, 5) is 24.6. The fourth-order valence-electron chi connectivity index (χ4n) is 2.18. The molecular formula is C19H20O6. The topological polar surface area (TPSA) is 71.1 Å². The number of benzene rings is 2. The van der Waals surface area contributed by atoms with Crippen LogP contribution in [0.25, 0.3) is 0 Å². The molecule has 2 aromatic carbocycles. The summed E-state index contributed by atoms with van der Waals surface area (Å²) < 4.78 is 20.6. The molecule has 0 saturated carbocycles. The summed E-state index contributed by atoms with van der Waals surface area (Å²) >= 11 is 0. The van der Waals surface area contributed by atoms with Crippen molar-refractivity contribution in [3.63, 3.8) is 0 Å². The summed E-state index contributed by atoms with van der Waals surface area (Å²) in [5.74, 6) is -0.111. The van der Waals surface area contributed by atoms with Gasteiger partial charge in [0.2, 0.25) is 6.10 Å². The van der Waals surface area contributed by atoms with Gasteiger partial charge in [-0.25, -0.2) is 9.59 Å². The summed E-state index contributed by atoms with van der Waals surface area (Å²) in [5.41, 5.74) is 0.776. The van der Waals surface area contributed by atoms with E-state index in [1.807, 2.05) is 0 Å². The highest BCUT2D eigenvalue weighted by molar-refractivity contribution is 5.91. The highest BCUT2D eigenvalue weighted by Crippen LogP contribution is 2.25. The third-order valence-corrected chi connectivity index (χ3v) is 3.45. The van der Waals surface area contributed by atoms with Crippen LogP contribution in [-0.2, 0) is 14.3 Å². The predicted molar refractivity (Wildman–Crippen MR) is 90.8 cm³/mol. The van der Waals surface area contributed by atoms with Crippen molar-refractivity contribution in [2.45, 2.75) is 13.0 Å². The minimum absolute atomic E-state index is 0.180. The molecule has 6 heteroatoms. The molecule has 0 fully saturated rings. The zero-order chi connectivity index (χ0) is 18.2. The van der Waals surface area contributed by atoms with Crippen molar-refractivity contribution in [1.29, 1.82) is 0 Å². The summed E-state index contributed by atoms with van der Waals surface area (Å²) in [6.45, 7) is 1.87. The Morgan fingerprint density at radius 3 is 2.24 bits per heavy atom. The molecule has 1 atom stereocenters. The van der Waals surface area contributed by atoms with Crippen LogP contribution in [0.15, 0.2) is 48.5 Å². The standard InChI is InChI=1S/C19H20O6/c1-4-24-19(21)17(14-6-5-7-16(12-14)23-3)25-18(20)13-8-10-15(22-2)11-9-13/h5-12,17H,4H2,1-3H3. The molecule has 132 valence electrons. The van der Waals surface area contributed by atoms with Gasteiger partial charge in [0.15, 0.2) is 0 Å². The van der Waals surface area contributed by atoms with Crippen LogP contribution in [0.1, 0.15) is 28.9 Å². The quantitative estimate of drug-likeness (QED) is 0.719. The molecule has 0 amide bonds. The van der Waals surface area contributed by atoms with Gasteiger partial charge in [0.25, 0.3) is 0 Å². The zero-order valence-electron chi connectivity index (χ0n) is 14.4. The fraction of sp³-hybridized carbons (Fsp3) is 0.263. The van der Waals surface area contributed by atoms with Crippen LogP contribution in [0.3, 0.4) is 0 Å². The molecule has 2 aromatic rings. The van der Waals surface area contributed by atoms with E-state index in [2.05, 4.69) is 0 Å². The van der Waals surface area contributed by atoms with Crippen LogP contribution < -0.4 is 9.47 Å². The Kier molecular flexibility index (Phi) is 6.39. The maximum Gasteiger partial charge on any atom is 0.352 e. The summed E-state index contributed by atoms with van der Waals surface area (Å²) in [7, 11) is 3.05. The van der Waals surface area contributed by atoms with Crippen LogP contribution in [0.5, 0.6) is 11.5 Å². The number of carbonyl (C=O) groups is 2. The van der Waals surface area contributed by atoms with Crippen molar-refractivity contribution in [3.05, 3.63) is 59.7 Å². The van der Waals surface area contributed by atoms with E-state index in [9.17, 15) is 9.59 Å². The van der Waals surface area contributed by atoms with Gasteiger partial charge in [-0.2, -0.15) is 0 Å². The molecule has 0 radical (unpaired) electrons. The van der Waals surface area contributed by atoms with Crippen molar-refractivity contribution in [3.8, 4) is 11.5 Å². The monoisotopic (exact) mass is 344 g/mol. The number of esters is 2. The Hall–Kier alpha value is -3.02. The van der Waals surface area contributed by atoms with Gasteiger partial charge in [0.1, 0.15) is 11.5 Å². The lowest BCUT2D eigenvalue weighted by atomic mass is 10.1. The van der Waals surface area contributed by atoms with Gasteiger partial charge in [0.05, 0.1) is 26.4 Å². The number of hydrogen-bond donors (Lipinski definition) is 0. The minimum atomic E-state index is -1.18. The fourth-order valence-corrected chi connectivity index (χ4v) is 2.18. The second-order valence-electron chi connectivity index (χ2n) is 5.04. The molecule has 1 unspecified atom stereocenters. The molecule has 0 aliphatic rings. The van der Waals surface area contributed by atoms with Crippen molar-refractivity contribution in [2.24, 2.45) is 0 Å². The molecular weight excluding hydrogens is 324 g/mol. The Morgan fingerprint density at radius 1 is 0.960 bits per heavy atom. The predicted octanol–water partition coefficient (Wildman–Crippen LogP) is 3.17. The molecule has 6 nitrogen and oxygen atoms in total. The Morgan fingerprint density at radius 2 is 1.64 bits per heavy atom. The smallest absolute Gasteiger partial charge is 0.352 e. The largest absolute Gasteiger partial charge is 0.497 e.